The normalized spacial score (nSPS) is 14.9. The van der Waals surface area contributed by atoms with E-state index >= 15 is 0 Å². The van der Waals surface area contributed by atoms with Crippen molar-refractivity contribution in [2.75, 3.05) is 26.2 Å². The van der Waals surface area contributed by atoms with Crippen molar-refractivity contribution in [3.05, 3.63) is 70.0 Å². The van der Waals surface area contributed by atoms with E-state index in [1.54, 1.807) is 0 Å². The highest BCUT2D eigenvalue weighted by Crippen LogP contribution is 2.29. The van der Waals surface area contributed by atoms with Gasteiger partial charge in [0.25, 0.3) is 11.8 Å². The minimum absolute atomic E-state index is 0.111. The molecule has 0 radical (unpaired) electrons. The SMILES string of the molecule is O=C(c1ccc(C(F)(F)F)cc1)N1CCN(C(=O)c2cc(F)cc(Cl)c2)CC1. The zero-order chi connectivity index (χ0) is 20.5. The third-order valence-corrected chi connectivity index (χ3v) is 4.64. The lowest BCUT2D eigenvalue weighted by atomic mass is 10.1. The first kappa shape index (κ1) is 20.1. The Morgan fingerprint density at radius 2 is 1.32 bits per heavy atom. The van der Waals surface area contributed by atoms with E-state index in [-0.39, 0.29) is 42.3 Å². The lowest BCUT2D eigenvalue weighted by molar-refractivity contribution is -0.137. The standard InChI is InChI=1S/C19H15ClF4N2O2/c20-15-9-13(10-16(21)11-15)18(28)26-7-5-25(6-8-26)17(27)12-1-3-14(4-2-12)19(22,23)24/h1-4,9-11H,5-8H2. The van der Waals surface area contributed by atoms with Crippen molar-refractivity contribution in [3.63, 3.8) is 0 Å². The lowest BCUT2D eigenvalue weighted by Gasteiger charge is -2.35. The lowest BCUT2D eigenvalue weighted by Crippen LogP contribution is -2.50. The van der Waals surface area contributed by atoms with Crippen molar-refractivity contribution in [1.82, 2.24) is 9.80 Å². The average Bonchev–Trinajstić information content (AvgIpc) is 2.65. The highest BCUT2D eigenvalue weighted by molar-refractivity contribution is 6.31. The topological polar surface area (TPSA) is 40.6 Å². The van der Waals surface area contributed by atoms with E-state index in [1.807, 2.05) is 0 Å². The second-order valence-electron chi connectivity index (χ2n) is 6.32. The summed E-state index contributed by atoms with van der Waals surface area (Å²) in [5.41, 5.74) is -0.564. The summed E-state index contributed by atoms with van der Waals surface area (Å²) in [5, 5.41) is 0.111. The number of carbonyl (C=O) groups is 2. The van der Waals surface area contributed by atoms with E-state index in [0.717, 1.165) is 36.4 Å². The van der Waals surface area contributed by atoms with Crippen molar-refractivity contribution < 1.29 is 27.2 Å². The van der Waals surface area contributed by atoms with Crippen LogP contribution in [0.2, 0.25) is 5.02 Å². The Morgan fingerprint density at radius 3 is 1.79 bits per heavy atom. The van der Waals surface area contributed by atoms with Crippen LogP contribution in [0.5, 0.6) is 0 Å². The number of piperazine rings is 1. The van der Waals surface area contributed by atoms with Gasteiger partial charge in [-0.1, -0.05) is 11.6 Å². The quantitative estimate of drug-likeness (QED) is 0.694. The molecule has 1 heterocycles. The number of alkyl halides is 3. The van der Waals surface area contributed by atoms with E-state index in [2.05, 4.69) is 0 Å². The van der Waals surface area contributed by atoms with Gasteiger partial charge in [0.2, 0.25) is 0 Å². The van der Waals surface area contributed by atoms with Gasteiger partial charge in [-0.3, -0.25) is 9.59 Å². The smallest absolute Gasteiger partial charge is 0.335 e. The first-order valence-electron chi connectivity index (χ1n) is 8.37. The van der Waals surface area contributed by atoms with Crippen molar-refractivity contribution in [3.8, 4) is 0 Å². The summed E-state index contributed by atoms with van der Waals surface area (Å²) >= 11 is 5.77. The highest BCUT2D eigenvalue weighted by atomic mass is 35.5. The average molecular weight is 415 g/mol. The summed E-state index contributed by atoms with van der Waals surface area (Å²) in [4.78, 5) is 27.9. The Hall–Kier alpha value is -2.61. The summed E-state index contributed by atoms with van der Waals surface area (Å²) in [6.45, 7) is 0.877. The molecule has 148 valence electrons. The first-order chi connectivity index (χ1) is 13.1. The van der Waals surface area contributed by atoms with Crippen LogP contribution in [-0.4, -0.2) is 47.8 Å². The van der Waals surface area contributed by atoms with Crippen LogP contribution in [0.25, 0.3) is 0 Å². The predicted molar refractivity (Wildman–Crippen MR) is 94.7 cm³/mol. The second kappa shape index (κ2) is 7.79. The van der Waals surface area contributed by atoms with Gasteiger partial charge in [0.05, 0.1) is 5.56 Å². The number of nitrogens with zero attached hydrogens (tertiary/aromatic N) is 2. The van der Waals surface area contributed by atoms with Gasteiger partial charge in [-0.25, -0.2) is 4.39 Å². The van der Waals surface area contributed by atoms with Crippen LogP contribution in [0.15, 0.2) is 42.5 Å². The van der Waals surface area contributed by atoms with Crippen molar-refractivity contribution in [2.24, 2.45) is 0 Å². The monoisotopic (exact) mass is 414 g/mol. The maximum Gasteiger partial charge on any atom is 0.416 e. The van der Waals surface area contributed by atoms with Crippen molar-refractivity contribution >= 4 is 23.4 Å². The van der Waals surface area contributed by atoms with Gasteiger partial charge in [0.15, 0.2) is 0 Å². The van der Waals surface area contributed by atoms with E-state index < -0.39 is 29.4 Å². The summed E-state index contributed by atoms with van der Waals surface area (Å²) in [5.74, 6) is -1.43. The zero-order valence-corrected chi connectivity index (χ0v) is 15.2. The molecular weight excluding hydrogens is 400 g/mol. The van der Waals surface area contributed by atoms with Crippen LogP contribution < -0.4 is 0 Å². The molecule has 1 aliphatic heterocycles. The van der Waals surface area contributed by atoms with E-state index in [0.29, 0.717) is 0 Å². The zero-order valence-electron chi connectivity index (χ0n) is 14.5. The Kier molecular flexibility index (Phi) is 5.60. The fourth-order valence-corrected chi connectivity index (χ4v) is 3.18. The Bertz CT molecular complexity index is 872. The molecule has 0 spiro atoms. The number of benzene rings is 2. The molecule has 3 rings (SSSR count). The Labute approximate surface area is 163 Å². The molecule has 1 saturated heterocycles. The fourth-order valence-electron chi connectivity index (χ4n) is 2.96. The van der Waals surface area contributed by atoms with Gasteiger partial charge in [-0.05, 0) is 42.5 Å². The molecule has 28 heavy (non-hydrogen) atoms. The molecular formula is C19H15ClF4N2O2. The molecule has 0 unspecified atom stereocenters. The molecule has 0 atom stereocenters. The number of rotatable bonds is 2. The van der Waals surface area contributed by atoms with Gasteiger partial charge >= 0.3 is 6.18 Å². The number of carbonyl (C=O) groups excluding carboxylic acids is 2. The molecule has 1 aliphatic rings. The van der Waals surface area contributed by atoms with Gasteiger partial charge in [-0.15, -0.1) is 0 Å². The molecule has 2 aromatic rings. The van der Waals surface area contributed by atoms with Crippen LogP contribution in [0.4, 0.5) is 17.6 Å². The molecule has 0 saturated carbocycles. The minimum atomic E-state index is -4.46. The van der Waals surface area contributed by atoms with Crippen LogP contribution in [0, 0.1) is 5.82 Å². The Balaban J connectivity index is 1.63. The van der Waals surface area contributed by atoms with Crippen LogP contribution in [-0.2, 0) is 6.18 Å². The maximum atomic E-state index is 13.4. The maximum absolute atomic E-state index is 13.4. The first-order valence-corrected chi connectivity index (χ1v) is 8.75. The number of amides is 2. The van der Waals surface area contributed by atoms with Crippen molar-refractivity contribution in [2.45, 2.75) is 6.18 Å². The molecule has 0 N–H and O–H groups in total. The molecule has 2 amide bonds. The third kappa shape index (κ3) is 4.44. The summed E-state index contributed by atoms with van der Waals surface area (Å²) in [6.07, 6.45) is -4.46. The molecule has 2 aromatic carbocycles. The van der Waals surface area contributed by atoms with Gasteiger partial charge in [0.1, 0.15) is 5.82 Å². The minimum Gasteiger partial charge on any atom is -0.335 e. The number of halogens is 5. The molecule has 9 heteroatoms. The van der Waals surface area contributed by atoms with Crippen LogP contribution in [0.1, 0.15) is 26.3 Å². The summed E-state index contributed by atoms with van der Waals surface area (Å²) in [6, 6.07) is 7.55. The number of hydrogen-bond acceptors (Lipinski definition) is 2. The summed E-state index contributed by atoms with van der Waals surface area (Å²) in [7, 11) is 0. The summed E-state index contributed by atoms with van der Waals surface area (Å²) < 4.78 is 51.3. The Morgan fingerprint density at radius 1 is 0.821 bits per heavy atom. The van der Waals surface area contributed by atoms with Gasteiger partial charge in [-0.2, -0.15) is 13.2 Å². The van der Waals surface area contributed by atoms with Gasteiger partial charge in [0, 0.05) is 42.3 Å². The molecule has 0 aliphatic carbocycles. The predicted octanol–water partition coefficient (Wildman–Crippen LogP) is 4.10. The van der Waals surface area contributed by atoms with Crippen molar-refractivity contribution in [1.29, 1.82) is 0 Å². The fraction of sp³-hybridized carbons (Fsp3) is 0.263. The molecule has 4 nitrogen and oxygen atoms in total. The van der Waals surface area contributed by atoms with E-state index in [9.17, 15) is 27.2 Å². The molecule has 0 aromatic heterocycles. The van der Waals surface area contributed by atoms with E-state index in [1.165, 1.54) is 15.9 Å². The largest absolute Gasteiger partial charge is 0.416 e. The molecule has 1 fully saturated rings. The van der Waals surface area contributed by atoms with Gasteiger partial charge < -0.3 is 9.80 Å². The third-order valence-electron chi connectivity index (χ3n) is 4.42. The van der Waals surface area contributed by atoms with Crippen LogP contribution >= 0.6 is 11.6 Å². The van der Waals surface area contributed by atoms with E-state index in [4.69, 9.17) is 11.6 Å². The number of hydrogen-bond donors (Lipinski definition) is 0. The molecule has 0 bridgehead atoms. The second-order valence-corrected chi connectivity index (χ2v) is 6.75. The van der Waals surface area contributed by atoms with Crippen LogP contribution in [0.3, 0.4) is 0 Å². The highest BCUT2D eigenvalue weighted by Gasteiger charge is 2.31.